The maximum Gasteiger partial charge on any atom is 0.253 e. The van der Waals surface area contributed by atoms with E-state index in [2.05, 4.69) is 49.5 Å². The van der Waals surface area contributed by atoms with Crippen molar-refractivity contribution in [2.24, 2.45) is 0 Å². The second-order valence-corrected chi connectivity index (χ2v) is 9.43. The molecule has 1 N–H and O–H groups in total. The van der Waals surface area contributed by atoms with Gasteiger partial charge in [0.05, 0.1) is 5.56 Å². The summed E-state index contributed by atoms with van der Waals surface area (Å²) in [7, 11) is 2.09. The van der Waals surface area contributed by atoms with Crippen molar-refractivity contribution < 1.29 is 9.18 Å². The molecule has 0 bridgehead atoms. The van der Waals surface area contributed by atoms with Crippen LogP contribution in [0.2, 0.25) is 0 Å². The van der Waals surface area contributed by atoms with Crippen molar-refractivity contribution in [3.05, 3.63) is 58.2 Å². The van der Waals surface area contributed by atoms with Crippen LogP contribution in [0.5, 0.6) is 0 Å². The first kappa shape index (κ1) is 21.6. The molecule has 2 heterocycles. The molecule has 0 unspecified atom stereocenters. The molecule has 2 aromatic rings. The number of carbonyl (C=O) groups excluding carboxylic acids is 1. The molecule has 0 radical (unpaired) electrons. The number of carbonyl (C=O) groups is 1. The molecular weight excluding hydrogens is 365 g/mol. The molecule has 0 aliphatic carbocycles. The Labute approximate surface area is 174 Å². The molecule has 0 spiro atoms. The third-order valence-electron chi connectivity index (χ3n) is 5.97. The van der Waals surface area contributed by atoms with Gasteiger partial charge in [-0.15, -0.1) is 0 Å². The number of hydrogen-bond donors (Lipinski definition) is 1. The van der Waals surface area contributed by atoms with E-state index in [0.29, 0.717) is 0 Å². The van der Waals surface area contributed by atoms with E-state index in [0.717, 1.165) is 54.9 Å². The molecule has 1 aliphatic heterocycles. The van der Waals surface area contributed by atoms with Crippen LogP contribution >= 0.6 is 0 Å². The highest BCUT2D eigenvalue weighted by Crippen LogP contribution is 2.32. The number of aromatic nitrogens is 1. The van der Waals surface area contributed by atoms with Crippen molar-refractivity contribution in [2.75, 3.05) is 20.1 Å². The van der Waals surface area contributed by atoms with E-state index in [1.165, 1.54) is 17.8 Å². The Bertz CT molecular complexity index is 877. The van der Waals surface area contributed by atoms with Crippen molar-refractivity contribution in [3.8, 4) is 0 Å². The van der Waals surface area contributed by atoms with Gasteiger partial charge >= 0.3 is 0 Å². The highest BCUT2D eigenvalue weighted by atomic mass is 19.1. The number of aryl methyl sites for hydroxylation is 1. The zero-order chi connectivity index (χ0) is 21.3. The third-order valence-corrected chi connectivity index (χ3v) is 5.97. The summed E-state index contributed by atoms with van der Waals surface area (Å²) >= 11 is 0. The minimum atomic E-state index is -0.214. The van der Waals surface area contributed by atoms with E-state index in [1.54, 1.807) is 0 Å². The molecule has 4 nitrogen and oxygen atoms in total. The number of nitrogens with one attached hydrogen (secondary N) is 1. The zero-order valence-electron chi connectivity index (χ0n) is 18.6. The van der Waals surface area contributed by atoms with Gasteiger partial charge in [0.2, 0.25) is 0 Å². The van der Waals surface area contributed by atoms with Crippen LogP contribution in [0.25, 0.3) is 0 Å². The van der Waals surface area contributed by atoms with E-state index >= 15 is 0 Å². The van der Waals surface area contributed by atoms with Crippen LogP contribution in [-0.2, 0) is 18.4 Å². The Morgan fingerprint density at radius 1 is 1.21 bits per heavy atom. The van der Waals surface area contributed by atoms with Crippen LogP contribution < -0.4 is 5.32 Å². The first-order valence-corrected chi connectivity index (χ1v) is 10.5. The van der Waals surface area contributed by atoms with Crippen LogP contribution in [0.4, 0.5) is 4.39 Å². The van der Waals surface area contributed by atoms with Gasteiger partial charge in [0.1, 0.15) is 5.82 Å². The molecule has 1 aromatic carbocycles. The predicted molar refractivity (Wildman–Crippen MR) is 116 cm³/mol. The Morgan fingerprint density at radius 3 is 2.41 bits per heavy atom. The summed E-state index contributed by atoms with van der Waals surface area (Å²) in [6.45, 7) is 13.4. The topological polar surface area (TPSA) is 37.3 Å². The standard InChI is InChI=1S/C24H34FN3O/c1-16-21(23(29)26-20-12-13-27(6)15-20)17(2)28(22(16)24(3,4)5)14-11-18-7-9-19(25)10-8-18/h7-10,20H,11-15H2,1-6H3,(H,26,29)/t20-/m1/s1. The molecule has 5 heteroatoms. The molecule has 1 atom stereocenters. The average molecular weight is 400 g/mol. The number of likely N-dealkylation sites (tertiary alicyclic amines) is 1. The summed E-state index contributed by atoms with van der Waals surface area (Å²) in [5.41, 5.74) is 5.10. The van der Waals surface area contributed by atoms with Crippen molar-refractivity contribution in [1.29, 1.82) is 0 Å². The number of nitrogens with zero attached hydrogens (tertiary/aromatic N) is 2. The lowest BCUT2D eigenvalue weighted by molar-refractivity contribution is 0.0937. The summed E-state index contributed by atoms with van der Waals surface area (Å²) < 4.78 is 15.5. The van der Waals surface area contributed by atoms with Crippen molar-refractivity contribution in [3.63, 3.8) is 0 Å². The lowest BCUT2D eigenvalue weighted by atomic mass is 9.88. The first-order chi connectivity index (χ1) is 13.6. The number of benzene rings is 1. The van der Waals surface area contributed by atoms with Gasteiger partial charge in [-0.2, -0.15) is 0 Å². The molecular formula is C24H34FN3O. The lowest BCUT2D eigenvalue weighted by Crippen LogP contribution is -2.37. The van der Waals surface area contributed by atoms with Gasteiger partial charge in [0.15, 0.2) is 0 Å². The van der Waals surface area contributed by atoms with Crippen LogP contribution in [0.15, 0.2) is 24.3 Å². The van der Waals surface area contributed by atoms with Gasteiger partial charge in [-0.1, -0.05) is 32.9 Å². The van der Waals surface area contributed by atoms with Gasteiger partial charge in [0.25, 0.3) is 5.91 Å². The van der Waals surface area contributed by atoms with E-state index in [1.807, 2.05) is 19.1 Å². The summed E-state index contributed by atoms with van der Waals surface area (Å²) in [5.74, 6) is -0.181. The van der Waals surface area contributed by atoms with Gasteiger partial charge in [0, 0.05) is 35.9 Å². The molecule has 3 rings (SSSR count). The number of rotatable bonds is 5. The Morgan fingerprint density at radius 2 is 1.86 bits per heavy atom. The molecule has 1 saturated heterocycles. The SMILES string of the molecule is Cc1c(C(=O)N[C@@H]2CCN(C)C2)c(C)n(CCc2ccc(F)cc2)c1C(C)(C)C. The summed E-state index contributed by atoms with van der Waals surface area (Å²) in [4.78, 5) is 15.4. The van der Waals surface area contributed by atoms with Gasteiger partial charge in [-0.3, -0.25) is 4.79 Å². The van der Waals surface area contributed by atoms with E-state index in [4.69, 9.17) is 0 Å². The van der Waals surface area contributed by atoms with Crippen LogP contribution in [0.3, 0.4) is 0 Å². The van der Waals surface area contributed by atoms with E-state index in [9.17, 15) is 9.18 Å². The minimum absolute atomic E-state index is 0.0336. The van der Waals surface area contributed by atoms with Crippen molar-refractivity contribution in [1.82, 2.24) is 14.8 Å². The summed E-state index contributed by atoms with van der Waals surface area (Å²) in [5, 5.41) is 3.24. The van der Waals surface area contributed by atoms with Gasteiger partial charge < -0.3 is 14.8 Å². The van der Waals surface area contributed by atoms with Crippen LogP contribution in [0.1, 0.15) is 60.1 Å². The zero-order valence-corrected chi connectivity index (χ0v) is 18.6. The number of hydrogen-bond acceptors (Lipinski definition) is 2. The molecule has 29 heavy (non-hydrogen) atoms. The Balaban J connectivity index is 1.89. The van der Waals surface area contributed by atoms with Crippen molar-refractivity contribution >= 4 is 5.91 Å². The predicted octanol–water partition coefficient (Wildman–Crippen LogP) is 4.22. The lowest BCUT2D eigenvalue weighted by Gasteiger charge is -2.24. The number of likely N-dealkylation sites (N-methyl/N-ethyl adjacent to an activating group) is 1. The fourth-order valence-electron chi connectivity index (χ4n) is 4.68. The second kappa shape index (κ2) is 8.31. The largest absolute Gasteiger partial charge is 0.348 e. The highest BCUT2D eigenvalue weighted by Gasteiger charge is 2.30. The first-order valence-electron chi connectivity index (χ1n) is 10.5. The summed E-state index contributed by atoms with van der Waals surface area (Å²) in [6.07, 6.45) is 1.80. The molecule has 1 aliphatic rings. The molecule has 158 valence electrons. The third kappa shape index (κ3) is 4.72. The number of amides is 1. The average Bonchev–Trinajstić information content (AvgIpc) is 3.14. The van der Waals surface area contributed by atoms with E-state index in [-0.39, 0.29) is 23.2 Å². The van der Waals surface area contributed by atoms with E-state index < -0.39 is 0 Å². The van der Waals surface area contributed by atoms with Crippen molar-refractivity contribution in [2.45, 2.75) is 65.5 Å². The second-order valence-electron chi connectivity index (χ2n) is 9.43. The molecule has 0 saturated carbocycles. The Hall–Kier alpha value is -2.14. The van der Waals surface area contributed by atoms with Crippen LogP contribution in [0, 0.1) is 19.7 Å². The quantitative estimate of drug-likeness (QED) is 0.817. The fraction of sp³-hybridized carbons (Fsp3) is 0.542. The van der Waals surface area contributed by atoms with Gasteiger partial charge in [-0.25, -0.2) is 4.39 Å². The minimum Gasteiger partial charge on any atom is -0.348 e. The molecule has 1 amide bonds. The molecule has 1 aromatic heterocycles. The maximum atomic E-state index is 13.2. The number of halogens is 1. The monoisotopic (exact) mass is 399 g/mol. The van der Waals surface area contributed by atoms with Crippen LogP contribution in [-0.4, -0.2) is 41.6 Å². The maximum absolute atomic E-state index is 13.2. The normalized spacial score (nSPS) is 17.7. The van der Waals surface area contributed by atoms with Gasteiger partial charge in [-0.05, 0) is 63.5 Å². The Kier molecular flexibility index (Phi) is 6.18. The fourth-order valence-corrected chi connectivity index (χ4v) is 4.68. The summed E-state index contributed by atoms with van der Waals surface area (Å²) in [6, 6.07) is 6.90. The smallest absolute Gasteiger partial charge is 0.253 e. The molecule has 1 fully saturated rings. The highest BCUT2D eigenvalue weighted by molar-refractivity contribution is 5.97.